The molecule has 1 fully saturated rings. The standard InChI is InChI=1S/C26H26N2O4S/c29-26(25-21-10-4-6-12-23(21)32-24-13-7-5-11-22(24)25)27-18-14-16-20(17-15-18)33(30,31)28-19-8-2-1-3-9-19/h4-7,10-17,19,25,28H,1-3,8-9H2,(H,27,29). The van der Waals surface area contributed by atoms with Crippen LogP contribution in [0.25, 0.3) is 0 Å². The maximum Gasteiger partial charge on any atom is 0.240 e. The summed E-state index contributed by atoms with van der Waals surface area (Å²) in [6, 6.07) is 21.3. The molecule has 6 nitrogen and oxygen atoms in total. The first-order chi connectivity index (χ1) is 16.0. The van der Waals surface area contributed by atoms with E-state index in [0.29, 0.717) is 17.2 Å². The number of para-hydroxylation sites is 2. The summed E-state index contributed by atoms with van der Waals surface area (Å²) in [5, 5.41) is 2.94. The second kappa shape index (κ2) is 9.00. The summed E-state index contributed by atoms with van der Waals surface area (Å²) in [7, 11) is -3.58. The van der Waals surface area contributed by atoms with E-state index in [0.717, 1.165) is 43.2 Å². The van der Waals surface area contributed by atoms with Crippen molar-refractivity contribution in [3.05, 3.63) is 83.9 Å². The summed E-state index contributed by atoms with van der Waals surface area (Å²) in [5.74, 6) is 0.592. The Morgan fingerprint density at radius 2 is 1.36 bits per heavy atom. The van der Waals surface area contributed by atoms with Crippen molar-refractivity contribution in [3.63, 3.8) is 0 Å². The van der Waals surface area contributed by atoms with Gasteiger partial charge in [-0.3, -0.25) is 4.79 Å². The van der Waals surface area contributed by atoms with Gasteiger partial charge in [0.15, 0.2) is 0 Å². The van der Waals surface area contributed by atoms with E-state index >= 15 is 0 Å². The third-order valence-corrected chi connectivity index (χ3v) is 7.84. The van der Waals surface area contributed by atoms with Crippen molar-refractivity contribution >= 4 is 21.6 Å². The lowest BCUT2D eigenvalue weighted by Gasteiger charge is -2.27. The van der Waals surface area contributed by atoms with Crippen LogP contribution in [0.3, 0.4) is 0 Å². The zero-order valence-corrected chi connectivity index (χ0v) is 19.0. The lowest BCUT2D eigenvalue weighted by Crippen LogP contribution is -2.36. The van der Waals surface area contributed by atoms with Gasteiger partial charge in [-0.1, -0.05) is 55.7 Å². The highest BCUT2D eigenvalue weighted by molar-refractivity contribution is 7.89. The normalized spacial score (nSPS) is 16.4. The molecule has 1 amide bonds. The molecule has 7 heteroatoms. The highest BCUT2D eigenvalue weighted by Gasteiger charge is 2.32. The minimum atomic E-state index is -3.58. The van der Waals surface area contributed by atoms with Crippen molar-refractivity contribution in [2.45, 2.75) is 49.0 Å². The monoisotopic (exact) mass is 462 g/mol. The first kappa shape index (κ1) is 21.7. The molecule has 0 saturated heterocycles. The van der Waals surface area contributed by atoms with Crippen LogP contribution in [0.15, 0.2) is 77.7 Å². The van der Waals surface area contributed by atoms with Gasteiger partial charge < -0.3 is 10.1 Å². The van der Waals surface area contributed by atoms with Crippen LogP contribution in [0, 0.1) is 0 Å². The van der Waals surface area contributed by atoms with E-state index in [-0.39, 0.29) is 16.8 Å². The zero-order valence-electron chi connectivity index (χ0n) is 18.2. The number of fused-ring (bicyclic) bond motifs is 2. The van der Waals surface area contributed by atoms with E-state index in [1.54, 1.807) is 12.1 Å². The number of rotatable bonds is 5. The Morgan fingerprint density at radius 3 is 1.97 bits per heavy atom. The Bertz CT molecular complexity index is 1220. The van der Waals surface area contributed by atoms with Crippen LogP contribution < -0.4 is 14.8 Å². The molecular formula is C26H26N2O4S. The molecule has 0 bridgehead atoms. The summed E-state index contributed by atoms with van der Waals surface area (Å²) in [5.41, 5.74) is 2.13. The number of carbonyl (C=O) groups is 1. The van der Waals surface area contributed by atoms with Crippen molar-refractivity contribution < 1.29 is 17.9 Å². The average Bonchev–Trinajstić information content (AvgIpc) is 2.83. The molecule has 1 aliphatic heterocycles. The number of hydrogen-bond donors (Lipinski definition) is 2. The largest absolute Gasteiger partial charge is 0.457 e. The molecule has 2 aliphatic rings. The van der Waals surface area contributed by atoms with Crippen molar-refractivity contribution in [2.75, 3.05) is 5.32 Å². The number of anilines is 1. The van der Waals surface area contributed by atoms with Crippen molar-refractivity contribution in [3.8, 4) is 11.5 Å². The van der Waals surface area contributed by atoms with E-state index in [2.05, 4.69) is 10.0 Å². The van der Waals surface area contributed by atoms with Crippen LogP contribution in [0.5, 0.6) is 11.5 Å². The van der Waals surface area contributed by atoms with Gasteiger partial charge in [-0.2, -0.15) is 0 Å². The van der Waals surface area contributed by atoms with Crippen LogP contribution in [-0.2, 0) is 14.8 Å². The predicted molar refractivity (Wildman–Crippen MR) is 127 cm³/mol. The molecule has 5 rings (SSSR count). The Hall–Kier alpha value is -3.16. The molecule has 0 spiro atoms. The SMILES string of the molecule is O=C(Nc1ccc(S(=O)(=O)NC2CCCCC2)cc1)C1c2ccccc2Oc2ccccc21. The quantitative estimate of drug-likeness (QED) is 0.548. The minimum absolute atomic E-state index is 0.00298. The van der Waals surface area contributed by atoms with Crippen LogP contribution in [0.4, 0.5) is 5.69 Å². The third kappa shape index (κ3) is 4.51. The smallest absolute Gasteiger partial charge is 0.240 e. The van der Waals surface area contributed by atoms with Gasteiger partial charge in [0.25, 0.3) is 0 Å². The number of sulfonamides is 1. The molecule has 0 radical (unpaired) electrons. The van der Waals surface area contributed by atoms with Crippen LogP contribution in [0.1, 0.15) is 49.1 Å². The lowest BCUT2D eigenvalue weighted by atomic mass is 9.87. The molecule has 1 saturated carbocycles. The second-order valence-corrected chi connectivity index (χ2v) is 10.3. The van der Waals surface area contributed by atoms with Crippen molar-refractivity contribution in [2.24, 2.45) is 0 Å². The molecule has 3 aromatic rings. The van der Waals surface area contributed by atoms with E-state index in [1.165, 1.54) is 12.1 Å². The van der Waals surface area contributed by atoms with E-state index < -0.39 is 15.9 Å². The molecule has 0 aromatic heterocycles. The highest BCUT2D eigenvalue weighted by Crippen LogP contribution is 2.44. The van der Waals surface area contributed by atoms with E-state index in [1.807, 2.05) is 48.5 Å². The Kier molecular flexibility index (Phi) is 5.91. The number of hydrogen-bond acceptors (Lipinski definition) is 4. The van der Waals surface area contributed by atoms with Crippen LogP contribution >= 0.6 is 0 Å². The fraction of sp³-hybridized carbons (Fsp3) is 0.269. The first-order valence-electron chi connectivity index (χ1n) is 11.3. The van der Waals surface area contributed by atoms with Crippen molar-refractivity contribution in [1.29, 1.82) is 0 Å². The van der Waals surface area contributed by atoms with Gasteiger partial charge in [0.2, 0.25) is 15.9 Å². The predicted octanol–water partition coefficient (Wildman–Crippen LogP) is 5.17. The molecule has 3 aromatic carbocycles. The molecular weight excluding hydrogens is 436 g/mol. The first-order valence-corrected chi connectivity index (χ1v) is 12.8. The van der Waals surface area contributed by atoms with Gasteiger partial charge in [0, 0.05) is 22.9 Å². The van der Waals surface area contributed by atoms with Crippen LogP contribution in [-0.4, -0.2) is 20.4 Å². The van der Waals surface area contributed by atoms with Gasteiger partial charge in [-0.25, -0.2) is 13.1 Å². The zero-order chi connectivity index (χ0) is 22.8. The van der Waals surface area contributed by atoms with Gasteiger partial charge in [0.05, 0.1) is 10.8 Å². The second-order valence-electron chi connectivity index (χ2n) is 8.58. The van der Waals surface area contributed by atoms with Gasteiger partial charge in [-0.15, -0.1) is 0 Å². The lowest BCUT2D eigenvalue weighted by molar-refractivity contribution is -0.116. The summed E-state index contributed by atoms with van der Waals surface area (Å²) in [6.45, 7) is 0. The molecule has 1 aliphatic carbocycles. The maximum absolute atomic E-state index is 13.3. The Labute approximate surface area is 194 Å². The minimum Gasteiger partial charge on any atom is -0.457 e. The third-order valence-electron chi connectivity index (χ3n) is 6.30. The summed E-state index contributed by atoms with van der Waals surface area (Å²) in [6.07, 6.45) is 5.02. The maximum atomic E-state index is 13.3. The van der Waals surface area contributed by atoms with E-state index in [4.69, 9.17) is 4.74 Å². The number of benzene rings is 3. The number of nitrogens with one attached hydrogen (secondary N) is 2. The highest BCUT2D eigenvalue weighted by atomic mass is 32.2. The summed E-state index contributed by atoms with van der Waals surface area (Å²) >= 11 is 0. The fourth-order valence-corrected chi connectivity index (χ4v) is 5.94. The fourth-order valence-electron chi connectivity index (χ4n) is 4.63. The van der Waals surface area contributed by atoms with Gasteiger partial charge in [-0.05, 0) is 49.2 Å². The molecule has 1 heterocycles. The van der Waals surface area contributed by atoms with Crippen LogP contribution in [0.2, 0.25) is 0 Å². The number of ether oxygens (including phenoxy) is 1. The molecule has 2 N–H and O–H groups in total. The van der Waals surface area contributed by atoms with E-state index in [9.17, 15) is 13.2 Å². The van der Waals surface area contributed by atoms with Gasteiger partial charge in [0.1, 0.15) is 11.5 Å². The molecule has 170 valence electrons. The summed E-state index contributed by atoms with van der Waals surface area (Å²) in [4.78, 5) is 13.5. The Balaban J connectivity index is 1.35. The molecule has 0 atom stereocenters. The Morgan fingerprint density at radius 1 is 0.788 bits per heavy atom. The number of amides is 1. The summed E-state index contributed by atoms with van der Waals surface area (Å²) < 4.78 is 34.3. The van der Waals surface area contributed by atoms with Gasteiger partial charge >= 0.3 is 0 Å². The average molecular weight is 463 g/mol. The molecule has 0 unspecified atom stereocenters. The van der Waals surface area contributed by atoms with Crippen molar-refractivity contribution in [1.82, 2.24) is 4.72 Å². The molecule has 33 heavy (non-hydrogen) atoms. The number of carbonyl (C=O) groups excluding carboxylic acids is 1. The topological polar surface area (TPSA) is 84.5 Å².